The number of halogens is 2. The van der Waals surface area contributed by atoms with Gasteiger partial charge >= 0.3 is 0 Å². The Morgan fingerprint density at radius 3 is 2.94 bits per heavy atom. The van der Waals surface area contributed by atoms with Crippen LogP contribution in [-0.2, 0) is 0 Å². The highest BCUT2D eigenvalue weighted by atomic mass is 127. The number of aromatic nitrogens is 2. The monoisotopic (exact) mass is 406 g/mol. The summed E-state index contributed by atoms with van der Waals surface area (Å²) in [6, 6.07) is 5.59. The molecular formula is C11H8BrIN2O2. The molecule has 2 rings (SSSR count). The van der Waals surface area contributed by atoms with Crippen LogP contribution < -0.4 is 10.3 Å². The molecule has 0 spiro atoms. The fraction of sp³-hybridized carbons (Fsp3) is 0.0909. The molecule has 0 saturated carbocycles. The molecule has 1 aromatic carbocycles. The quantitative estimate of drug-likeness (QED) is 0.779. The molecule has 0 aliphatic heterocycles. The van der Waals surface area contributed by atoms with Gasteiger partial charge in [-0.3, -0.25) is 4.79 Å². The summed E-state index contributed by atoms with van der Waals surface area (Å²) in [5.41, 5.74) is 0.854. The maximum absolute atomic E-state index is 11.4. The number of benzene rings is 1. The van der Waals surface area contributed by atoms with E-state index < -0.39 is 0 Å². The maximum Gasteiger partial charge on any atom is 0.268 e. The normalized spacial score (nSPS) is 10.3. The Bertz CT molecular complexity index is 613. The summed E-state index contributed by atoms with van der Waals surface area (Å²) in [4.78, 5) is 17.8. The largest absolute Gasteiger partial charge is 0.438 e. The van der Waals surface area contributed by atoms with Gasteiger partial charge in [0.1, 0.15) is 9.32 Å². The van der Waals surface area contributed by atoms with E-state index in [-0.39, 0.29) is 5.56 Å². The van der Waals surface area contributed by atoms with Crippen LogP contribution in [0.1, 0.15) is 5.56 Å². The molecule has 1 aromatic heterocycles. The molecule has 0 radical (unpaired) electrons. The highest BCUT2D eigenvalue weighted by molar-refractivity contribution is 14.1. The van der Waals surface area contributed by atoms with Crippen LogP contribution in [0.15, 0.2) is 33.8 Å². The number of ether oxygens (including phenoxy) is 1. The Labute approximate surface area is 120 Å². The van der Waals surface area contributed by atoms with E-state index in [1.165, 1.54) is 6.33 Å². The number of aromatic amines is 1. The van der Waals surface area contributed by atoms with Crippen molar-refractivity contribution in [2.24, 2.45) is 0 Å². The summed E-state index contributed by atoms with van der Waals surface area (Å²) in [6.07, 6.45) is 1.32. The van der Waals surface area contributed by atoms with E-state index in [0.717, 1.165) is 10.0 Å². The number of nitrogens with zero attached hydrogens (tertiary/aromatic N) is 1. The number of hydrogen-bond acceptors (Lipinski definition) is 3. The summed E-state index contributed by atoms with van der Waals surface area (Å²) in [6.45, 7) is 1.97. The van der Waals surface area contributed by atoms with E-state index >= 15 is 0 Å². The first kappa shape index (κ1) is 12.6. The topological polar surface area (TPSA) is 55.0 Å². The fourth-order valence-electron chi connectivity index (χ4n) is 1.23. The third-order valence-corrected chi connectivity index (χ3v) is 3.95. The van der Waals surface area contributed by atoms with Gasteiger partial charge in [0.15, 0.2) is 0 Å². The molecule has 1 N–H and O–H groups in total. The molecule has 0 aliphatic carbocycles. The van der Waals surface area contributed by atoms with E-state index in [1.54, 1.807) is 0 Å². The first-order valence-corrected chi connectivity index (χ1v) is 6.62. The second kappa shape index (κ2) is 5.18. The molecule has 6 heteroatoms. The Kier molecular flexibility index (Phi) is 3.82. The lowest BCUT2D eigenvalue weighted by molar-refractivity contribution is 0.456. The molecule has 0 bridgehead atoms. The van der Waals surface area contributed by atoms with Gasteiger partial charge in [0.2, 0.25) is 5.88 Å². The Morgan fingerprint density at radius 1 is 1.47 bits per heavy atom. The second-order valence-electron chi connectivity index (χ2n) is 3.36. The SMILES string of the molecule is Cc1cc(Oc2nc[nH]c(=O)c2I)ccc1Br. The maximum atomic E-state index is 11.4. The smallest absolute Gasteiger partial charge is 0.268 e. The van der Waals surface area contributed by atoms with Crippen molar-refractivity contribution in [3.8, 4) is 11.6 Å². The van der Waals surface area contributed by atoms with Crippen LogP contribution in [0.3, 0.4) is 0 Å². The lowest BCUT2D eigenvalue weighted by atomic mass is 10.2. The number of H-pyrrole nitrogens is 1. The first-order valence-electron chi connectivity index (χ1n) is 4.75. The molecule has 0 fully saturated rings. The van der Waals surface area contributed by atoms with Crippen molar-refractivity contribution in [3.05, 3.63) is 48.5 Å². The molecule has 0 aliphatic rings. The zero-order chi connectivity index (χ0) is 12.4. The van der Waals surface area contributed by atoms with Gasteiger partial charge in [-0.15, -0.1) is 0 Å². The summed E-state index contributed by atoms with van der Waals surface area (Å²) >= 11 is 5.32. The highest BCUT2D eigenvalue weighted by Gasteiger charge is 2.08. The molecule has 0 amide bonds. The first-order chi connectivity index (χ1) is 8.08. The van der Waals surface area contributed by atoms with Gasteiger partial charge in [-0.2, -0.15) is 0 Å². The average molecular weight is 407 g/mol. The Hall–Kier alpha value is -0.890. The number of rotatable bonds is 2. The lowest BCUT2D eigenvalue weighted by Crippen LogP contribution is -2.11. The van der Waals surface area contributed by atoms with Crippen molar-refractivity contribution in [2.75, 3.05) is 0 Å². The predicted octanol–water partition coefficient (Wildman–Crippen LogP) is 3.24. The Balaban J connectivity index is 2.35. The van der Waals surface area contributed by atoms with Crippen molar-refractivity contribution in [1.82, 2.24) is 9.97 Å². The van der Waals surface area contributed by atoms with Crippen LogP contribution >= 0.6 is 38.5 Å². The molecule has 17 heavy (non-hydrogen) atoms. The van der Waals surface area contributed by atoms with Gasteiger partial charge in [0, 0.05) is 4.47 Å². The summed E-state index contributed by atoms with van der Waals surface area (Å²) < 4.78 is 7.01. The van der Waals surface area contributed by atoms with Crippen molar-refractivity contribution in [3.63, 3.8) is 0 Å². The molecule has 2 aromatic rings. The summed E-state index contributed by atoms with van der Waals surface area (Å²) in [7, 11) is 0. The predicted molar refractivity (Wildman–Crippen MR) is 76.5 cm³/mol. The average Bonchev–Trinajstić information content (AvgIpc) is 2.30. The van der Waals surface area contributed by atoms with Gasteiger partial charge in [0.05, 0.1) is 6.33 Å². The second-order valence-corrected chi connectivity index (χ2v) is 5.30. The summed E-state index contributed by atoms with van der Waals surface area (Å²) in [5.74, 6) is 0.970. The van der Waals surface area contributed by atoms with Gasteiger partial charge in [0.25, 0.3) is 5.56 Å². The molecule has 0 saturated heterocycles. The van der Waals surface area contributed by atoms with Crippen LogP contribution in [-0.4, -0.2) is 9.97 Å². The van der Waals surface area contributed by atoms with Crippen LogP contribution in [0.5, 0.6) is 11.6 Å². The molecule has 4 nitrogen and oxygen atoms in total. The van der Waals surface area contributed by atoms with Gasteiger partial charge in [-0.1, -0.05) is 15.9 Å². The van der Waals surface area contributed by atoms with Gasteiger partial charge < -0.3 is 9.72 Å². The van der Waals surface area contributed by atoms with E-state index in [1.807, 2.05) is 47.7 Å². The van der Waals surface area contributed by atoms with Crippen molar-refractivity contribution >= 4 is 38.5 Å². The van der Waals surface area contributed by atoms with Crippen LogP contribution in [0.4, 0.5) is 0 Å². The minimum Gasteiger partial charge on any atom is -0.438 e. The molecule has 1 heterocycles. The zero-order valence-electron chi connectivity index (χ0n) is 8.83. The van der Waals surface area contributed by atoms with E-state index in [0.29, 0.717) is 15.2 Å². The van der Waals surface area contributed by atoms with Crippen LogP contribution in [0.25, 0.3) is 0 Å². The van der Waals surface area contributed by atoms with Crippen LogP contribution in [0, 0.1) is 10.5 Å². The third-order valence-electron chi connectivity index (χ3n) is 2.11. The number of hydrogen-bond donors (Lipinski definition) is 1. The molecular weight excluding hydrogens is 399 g/mol. The van der Waals surface area contributed by atoms with Crippen molar-refractivity contribution < 1.29 is 4.74 Å². The standard InChI is InChI=1S/C11H8BrIN2O2/c1-6-4-7(2-3-8(6)12)17-11-9(13)10(16)14-5-15-11/h2-5H,1H3,(H,14,15,16). The number of nitrogens with one attached hydrogen (secondary N) is 1. The zero-order valence-corrected chi connectivity index (χ0v) is 12.6. The third kappa shape index (κ3) is 2.86. The van der Waals surface area contributed by atoms with Crippen LogP contribution in [0.2, 0.25) is 0 Å². The molecule has 0 atom stereocenters. The van der Waals surface area contributed by atoms with E-state index in [4.69, 9.17) is 4.74 Å². The minimum atomic E-state index is -0.204. The van der Waals surface area contributed by atoms with E-state index in [2.05, 4.69) is 25.9 Å². The van der Waals surface area contributed by atoms with E-state index in [9.17, 15) is 4.79 Å². The fourth-order valence-corrected chi connectivity index (χ4v) is 1.88. The summed E-state index contributed by atoms with van der Waals surface area (Å²) in [5, 5.41) is 0. The van der Waals surface area contributed by atoms with Gasteiger partial charge in [-0.25, -0.2) is 4.98 Å². The molecule has 0 unspecified atom stereocenters. The highest BCUT2D eigenvalue weighted by Crippen LogP contribution is 2.26. The van der Waals surface area contributed by atoms with Gasteiger partial charge in [-0.05, 0) is 53.3 Å². The van der Waals surface area contributed by atoms with Crippen molar-refractivity contribution in [1.29, 1.82) is 0 Å². The molecule has 88 valence electrons. The lowest BCUT2D eigenvalue weighted by Gasteiger charge is -2.07. The minimum absolute atomic E-state index is 0.204. The van der Waals surface area contributed by atoms with Crippen molar-refractivity contribution in [2.45, 2.75) is 6.92 Å². The number of aryl methyl sites for hydroxylation is 1. The Morgan fingerprint density at radius 2 is 2.24 bits per heavy atom.